The van der Waals surface area contributed by atoms with Gasteiger partial charge in [0.15, 0.2) is 0 Å². The molecule has 0 spiro atoms. The van der Waals surface area contributed by atoms with Gasteiger partial charge in [-0.1, -0.05) is 0 Å². The fourth-order valence-corrected chi connectivity index (χ4v) is 0.818. The molecule has 0 aromatic rings. The van der Waals surface area contributed by atoms with Crippen molar-refractivity contribution in [3.8, 4) is 0 Å². The molecule has 0 unspecified atom stereocenters. The smallest absolute Gasteiger partial charge is 0.0962 e. The Morgan fingerprint density at radius 3 is 2.14 bits per heavy atom. The highest BCUT2D eigenvalue weighted by atomic mass is 35.5. The number of hydrogen-bond acceptors (Lipinski definition) is 0. The Balaban J connectivity index is 2.28. The van der Waals surface area contributed by atoms with Crippen LogP contribution in [0, 0.1) is 5.41 Å². The Bertz CT molecular complexity index is 62.5. The zero-order valence-corrected chi connectivity index (χ0v) is 4.84. The quantitative estimate of drug-likeness (QED) is 0.492. The van der Waals surface area contributed by atoms with Gasteiger partial charge in [-0.2, -0.15) is 0 Å². The van der Waals surface area contributed by atoms with Crippen LogP contribution in [0.15, 0.2) is 0 Å². The molecule has 1 fully saturated rings. The summed E-state index contributed by atoms with van der Waals surface area (Å²) in [6.07, 6.45) is 1.99. The molecule has 0 aliphatic heterocycles. The molecule has 1 aliphatic rings. The van der Waals surface area contributed by atoms with E-state index in [-0.39, 0.29) is 12.1 Å². The van der Waals surface area contributed by atoms with Crippen molar-refractivity contribution in [2.24, 2.45) is 5.41 Å². The van der Waals surface area contributed by atoms with Crippen molar-refractivity contribution >= 4 is 11.6 Å². The van der Waals surface area contributed by atoms with E-state index < -0.39 is 0 Å². The van der Waals surface area contributed by atoms with Crippen LogP contribution in [-0.4, -0.2) is 12.6 Å². The molecule has 42 valence electrons. The Labute approximate surface area is 47.7 Å². The maximum absolute atomic E-state index is 11.7. The first-order valence-electron chi connectivity index (χ1n) is 2.45. The highest BCUT2D eigenvalue weighted by Gasteiger charge is 2.41. The summed E-state index contributed by atoms with van der Waals surface area (Å²) >= 11 is 5.42. The van der Waals surface area contributed by atoms with Gasteiger partial charge in [-0.25, -0.2) is 0 Å². The first-order chi connectivity index (χ1) is 3.33. The molecule has 0 aromatic heterocycles. The second-order valence-corrected chi connectivity index (χ2v) is 2.53. The summed E-state index contributed by atoms with van der Waals surface area (Å²) in [6.45, 7) is -0.226. The van der Waals surface area contributed by atoms with Crippen LogP contribution < -0.4 is 0 Å². The molecule has 0 aromatic carbocycles. The van der Waals surface area contributed by atoms with Gasteiger partial charge in [-0.05, 0) is 12.8 Å². The maximum atomic E-state index is 11.7. The standard InChI is InChI=1S/C5H8ClF/c6-3-5(4-7)1-2-5/h1-4H2. The fraction of sp³-hybridized carbons (Fsp3) is 1.00. The van der Waals surface area contributed by atoms with Gasteiger partial charge in [0, 0.05) is 11.3 Å². The summed E-state index contributed by atoms with van der Waals surface area (Å²) in [7, 11) is 0. The molecule has 0 amide bonds. The SMILES string of the molecule is FCC1(CCl)CC1. The van der Waals surface area contributed by atoms with Crippen LogP contribution in [0.3, 0.4) is 0 Å². The average Bonchev–Trinajstić information content (AvgIpc) is 2.46. The number of rotatable bonds is 2. The predicted molar refractivity (Wildman–Crippen MR) is 28.4 cm³/mol. The molecule has 0 atom stereocenters. The molecule has 0 bridgehead atoms. The molecule has 1 rings (SSSR count). The molecule has 0 nitrogen and oxygen atoms in total. The highest BCUT2D eigenvalue weighted by molar-refractivity contribution is 6.18. The van der Waals surface area contributed by atoms with Gasteiger partial charge in [0.1, 0.15) is 0 Å². The minimum absolute atomic E-state index is 0.0679. The first-order valence-corrected chi connectivity index (χ1v) is 2.98. The van der Waals surface area contributed by atoms with Gasteiger partial charge in [0.2, 0.25) is 0 Å². The van der Waals surface area contributed by atoms with Crippen molar-refractivity contribution in [3.05, 3.63) is 0 Å². The van der Waals surface area contributed by atoms with Gasteiger partial charge in [-0.15, -0.1) is 11.6 Å². The summed E-state index contributed by atoms with van der Waals surface area (Å²) in [6, 6.07) is 0. The van der Waals surface area contributed by atoms with Crippen LogP contribution in [-0.2, 0) is 0 Å². The van der Waals surface area contributed by atoms with Crippen LogP contribution in [0.1, 0.15) is 12.8 Å². The van der Waals surface area contributed by atoms with Crippen molar-refractivity contribution in [1.29, 1.82) is 0 Å². The van der Waals surface area contributed by atoms with Crippen LogP contribution in [0.25, 0.3) is 0 Å². The third-order valence-corrected chi connectivity index (χ3v) is 2.09. The zero-order valence-electron chi connectivity index (χ0n) is 4.08. The van der Waals surface area contributed by atoms with Crippen LogP contribution in [0.5, 0.6) is 0 Å². The number of alkyl halides is 2. The molecular formula is C5H8ClF. The Morgan fingerprint density at radius 2 is 2.14 bits per heavy atom. The molecule has 0 heterocycles. The lowest BCUT2D eigenvalue weighted by molar-refractivity contribution is 0.370. The van der Waals surface area contributed by atoms with Crippen LogP contribution >= 0.6 is 11.6 Å². The van der Waals surface area contributed by atoms with E-state index in [1.54, 1.807) is 0 Å². The van der Waals surface area contributed by atoms with Gasteiger partial charge < -0.3 is 0 Å². The molecular weight excluding hydrogens is 115 g/mol. The van der Waals surface area contributed by atoms with E-state index in [1.165, 1.54) is 0 Å². The molecule has 1 aliphatic carbocycles. The van der Waals surface area contributed by atoms with Crippen LogP contribution in [0.4, 0.5) is 4.39 Å². The molecule has 2 heteroatoms. The Kier molecular flexibility index (Phi) is 1.24. The largest absolute Gasteiger partial charge is 0.250 e. The molecule has 7 heavy (non-hydrogen) atoms. The van der Waals surface area contributed by atoms with Crippen molar-refractivity contribution in [2.45, 2.75) is 12.8 Å². The first kappa shape index (κ1) is 5.36. The van der Waals surface area contributed by atoms with E-state index in [0.717, 1.165) is 12.8 Å². The van der Waals surface area contributed by atoms with E-state index in [2.05, 4.69) is 0 Å². The van der Waals surface area contributed by atoms with Crippen molar-refractivity contribution in [2.75, 3.05) is 12.6 Å². The van der Waals surface area contributed by atoms with Gasteiger partial charge in [0.25, 0.3) is 0 Å². The van der Waals surface area contributed by atoms with E-state index in [4.69, 9.17) is 11.6 Å². The predicted octanol–water partition coefficient (Wildman–Crippen LogP) is 1.97. The Hall–Kier alpha value is 0.220. The van der Waals surface area contributed by atoms with Crippen molar-refractivity contribution in [1.82, 2.24) is 0 Å². The second kappa shape index (κ2) is 1.62. The topological polar surface area (TPSA) is 0 Å². The van der Waals surface area contributed by atoms with Gasteiger partial charge >= 0.3 is 0 Å². The molecule has 0 saturated heterocycles. The lowest BCUT2D eigenvalue weighted by atomic mass is 10.2. The zero-order chi connectivity index (χ0) is 5.33. The normalized spacial score (nSPS) is 24.9. The van der Waals surface area contributed by atoms with E-state index >= 15 is 0 Å². The number of halogens is 2. The Morgan fingerprint density at radius 1 is 1.57 bits per heavy atom. The van der Waals surface area contributed by atoms with E-state index in [1.807, 2.05) is 0 Å². The average molecular weight is 123 g/mol. The van der Waals surface area contributed by atoms with Crippen molar-refractivity contribution in [3.63, 3.8) is 0 Å². The summed E-state index contributed by atoms with van der Waals surface area (Å²) in [5.74, 6) is 0.503. The maximum Gasteiger partial charge on any atom is 0.0962 e. The highest BCUT2D eigenvalue weighted by Crippen LogP contribution is 2.46. The third-order valence-electron chi connectivity index (χ3n) is 1.52. The van der Waals surface area contributed by atoms with Crippen molar-refractivity contribution < 1.29 is 4.39 Å². The summed E-state index contributed by atoms with van der Waals surface area (Å²) in [5.41, 5.74) is -0.0679. The van der Waals surface area contributed by atoms with E-state index in [9.17, 15) is 4.39 Å². The van der Waals surface area contributed by atoms with Gasteiger partial charge in [-0.3, -0.25) is 4.39 Å². The lowest BCUT2D eigenvalue weighted by Gasteiger charge is -1.99. The summed E-state index contributed by atoms with van der Waals surface area (Å²) in [5, 5.41) is 0. The van der Waals surface area contributed by atoms with E-state index in [0.29, 0.717) is 5.88 Å². The summed E-state index contributed by atoms with van der Waals surface area (Å²) in [4.78, 5) is 0. The monoisotopic (exact) mass is 122 g/mol. The third kappa shape index (κ3) is 0.880. The molecule has 0 radical (unpaired) electrons. The minimum atomic E-state index is -0.226. The molecule has 1 saturated carbocycles. The molecule has 0 N–H and O–H groups in total. The van der Waals surface area contributed by atoms with Crippen LogP contribution in [0.2, 0.25) is 0 Å². The lowest BCUT2D eigenvalue weighted by Crippen LogP contribution is -2.02. The minimum Gasteiger partial charge on any atom is -0.250 e. The van der Waals surface area contributed by atoms with Gasteiger partial charge in [0.05, 0.1) is 6.67 Å². The fourth-order valence-electron chi connectivity index (χ4n) is 0.480. The number of hydrogen-bond donors (Lipinski definition) is 0. The second-order valence-electron chi connectivity index (χ2n) is 2.27. The summed E-state index contributed by atoms with van der Waals surface area (Å²) < 4.78 is 11.7.